The van der Waals surface area contributed by atoms with Crippen LogP contribution in [0.25, 0.3) is 0 Å². The van der Waals surface area contributed by atoms with Gasteiger partial charge in [0.05, 0.1) is 65.6 Å². The van der Waals surface area contributed by atoms with E-state index in [4.69, 9.17) is 109 Å². The Hall–Kier alpha value is -5.34. The zero-order valence-electron chi connectivity index (χ0n) is 77.6. The summed E-state index contributed by atoms with van der Waals surface area (Å²) in [4.78, 5) is 76.4. The molecule has 0 radical (unpaired) electrons. The van der Waals surface area contributed by atoms with E-state index in [1.807, 2.05) is 0 Å². The molecule has 0 saturated carbocycles. The van der Waals surface area contributed by atoms with Crippen molar-refractivity contribution in [1.29, 1.82) is 0 Å². The second kappa shape index (κ2) is 51.4. The summed E-state index contributed by atoms with van der Waals surface area (Å²) < 4.78 is 135. The van der Waals surface area contributed by atoms with Gasteiger partial charge in [-0.1, -0.05) is 0 Å². The molecule has 0 aromatic rings. The highest BCUT2D eigenvalue weighted by atomic mass is 16.8. The van der Waals surface area contributed by atoms with E-state index in [1.54, 1.807) is 0 Å². The van der Waals surface area contributed by atoms with Crippen molar-refractivity contribution in [2.24, 2.45) is 0 Å². The maximum atomic E-state index is 13.4. The molecule has 66 heteroatoms. The molecule has 60 atom stereocenters. The molecule has 146 heavy (non-hydrogen) atoms. The molecule has 12 fully saturated rings. The molecule has 0 aromatic heterocycles. The van der Waals surface area contributed by atoms with E-state index in [2.05, 4.69) is 21.3 Å². The van der Waals surface area contributed by atoms with Gasteiger partial charge in [0.1, 0.15) is 274 Å². The number of aliphatic hydroxyl groups is 31. The maximum absolute atomic E-state index is 13.4. The van der Waals surface area contributed by atoms with E-state index in [9.17, 15) is 197 Å². The zero-order chi connectivity index (χ0) is 108. The van der Waals surface area contributed by atoms with Gasteiger partial charge in [0.25, 0.3) is 0 Å². The number of aliphatic hydroxyl groups excluding tert-OH is 31. The number of amides is 4. The van der Waals surface area contributed by atoms with Gasteiger partial charge >= 0.3 is 11.9 Å². The number of nitrogens with one attached hydrogen (secondary N) is 4. The first kappa shape index (κ1) is 119. The Balaban J connectivity index is 0.857. The molecule has 0 bridgehead atoms. The van der Waals surface area contributed by atoms with Crippen molar-refractivity contribution in [1.82, 2.24) is 21.3 Å². The van der Waals surface area contributed by atoms with Gasteiger partial charge < -0.3 is 299 Å². The van der Waals surface area contributed by atoms with Crippen molar-refractivity contribution in [3.63, 3.8) is 0 Å². The summed E-state index contributed by atoms with van der Waals surface area (Å²) in [5, 5.41) is 379. The fourth-order valence-corrected chi connectivity index (χ4v) is 18.7. The number of hydrogen-bond acceptors (Lipinski definition) is 60. The standard InChI is InChI=1S/C80H130N4O62/c1-15-33(96)43(106)50(113)73(126-15)124-14-28-59(39(102)29(69(123)127-28)81-16(2)92)136-70-30(82-17(3)93)40(103)58(24(10-89)132-70)139-78-55(118)62(142-80-66(47(110)35(98)21(7-86)131-80)146-72-32(84-19(5)95)42(105)57(26(12-91)134-72)138-77-54(117)61(37(100)23(9-88)129-77)141-75-52(115)45(108)49(112)64(144-75)68(121)122)38(101)27(135-78)13-125-79-65(46(109)34(97)20(6-85)130-79)145-71-31(83-18(4)94)41(104)56(25(11-90)133-71)137-76-53(116)60(36(99)22(8-87)128-76)140-74-51(114)44(107)48(111)63(143-74)67(119)120/h15,20-66,69-80,85-91,96-118,123H,6-14H2,1-5H3,(H,81,92)(H,82,93)(H,83,94)(H,84,95)(H,119,120)(H,121,122)/t15-,20+,21+,22+,23+,24+,25+,26+,27+,28+,29+,30+,31+,32-,33+,34+,35+,36-,37-,38+,39+,40+,41+,42+,43+,44-,45-,46-,47-,48-,49-,50-,51+,52+,53+,54+,55-,56+,57+,58+,59+,60-,61-,62-,63-,64-,65-,66-,69+,70-,71-,72-,73+,74+,75+,76-,77-,78-,79-,80+/m0/s1. The minimum atomic E-state index is -2.74. The summed E-state index contributed by atoms with van der Waals surface area (Å²) >= 11 is 0. The Morgan fingerprint density at radius 2 is 0.466 bits per heavy atom. The number of aliphatic carboxylic acids is 2. The minimum absolute atomic E-state index is 0.848. The normalized spacial score (nSPS) is 49.8. The Labute approximate surface area is 822 Å². The molecule has 0 spiro atoms. The first-order valence-corrected chi connectivity index (χ1v) is 46.0. The molecule has 0 aromatic carbocycles. The monoisotopic (exact) mass is 2140 g/mol. The average molecular weight is 2140 g/mol. The third kappa shape index (κ3) is 25.9. The summed E-state index contributed by atoms with van der Waals surface area (Å²) in [5.74, 6) is -7.86. The highest BCUT2D eigenvalue weighted by Gasteiger charge is 2.64. The smallest absolute Gasteiger partial charge is 0.335 e. The van der Waals surface area contributed by atoms with Gasteiger partial charge in [0.15, 0.2) is 87.7 Å². The first-order chi connectivity index (χ1) is 68.9. The van der Waals surface area contributed by atoms with Crippen LogP contribution in [0.1, 0.15) is 34.6 Å². The van der Waals surface area contributed by atoms with Crippen molar-refractivity contribution in [3.05, 3.63) is 0 Å². The van der Waals surface area contributed by atoms with E-state index in [1.165, 1.54) is 6.92 Å². The number of carbonyl (C=O) groups excluding carboxylic acids is 4. The molecule has 12 rings (SSSR count). The third-order valence-electron chi connectivity index (χ3n) is 26.6. The molecule has 12 aliphatic rings. The lowest BCUT2D eigenvalue weighted by atomic mass is 9.93. The number of hydrogen-bond donors (Lipinski definition) is 37. The van der Waals surface area contributed by atoms with Crippen molar-refractivity contribution in [2.45, 2.75) is 403 Å². The maximum Gasteiger partial charge on any atom is 0.335 e. The van der Waals surface area contributed by atoms with Crippen molar-refractivity contribution < 1.29 is 306 Å². The summed E-state index contributed by atoms with van der Waals surface area (Å²) in [7, 11) is 0. The molecular formula is C80H130N4O62. The predicted octanol–water partition coefficient (Wildman–Crippen LogP) is -25.4. The van der Waals surface area contributed by atoms with Crippen LogP contribution < -0.4 is 21.3 Å². The van der Waals surface area contributed by atoms with E-state index in [0.29, 0.717) is 0 Å². The number of carboxylic acid groups (broad SMARTS) is 2. The Morgan fingerprint density at radius 1 is 0.212 bits per heavy atom. The van der Waals surface area contributed by atoms with Gasteiger partial charge in [0.2, 0.25) is 23.6 Å². The summed E-state index contributed by atoms with van der Waals surface area (Å²) in [5.41, 5.74) is 0. The van der Waals surface area contributed by atoms with Gasteiger partial charge in [-0.15, -0.1) is 0 Å². The number of rotatable bonds is 37. The van der Waals surface area contributed by atoms with Crippen LogP contribution in [0.4, 0.5) is 0 Å². The van der Waals surface area contributed by atoms with Crippen LogP contribution in [-0.4, -0.2) is 632 Å². The number of ether oxygens (including phenoxy) is 23. The molecule has 37 N–H and O–H groups in total. The number of carbonyl (C=O) groups is 6. The second-order valence-corrected chi connectivity index (χ2v) is 36.7. The minimum Gasteiger partial charge on any atom is -0.479 e. The SMILES string of the molecule is CC(=O)N[C@@H]1[C@H](O[C@@H]2[C@@H](O[C@@H]3[C@H](O)[C@H](O[C@H]4[C@H](O)[C@@H](NC(C)=O)[C@H](O[C@H]5[C@H](O)[C@@H](NC(C)=O)[C@H](O)O[C@@H]5CO[C@@H]5O[C@@H](C)[C@@H](O)[C@@H](O)[C@@H]5O)O[C@@H]4CO)O[C@H](CO[C@H]4O[C@H](CO)[C@@H](O)[C@H](O)[C@@H]4O[C@@H]4O[C@H](CO)[C@@H](O[C@@H]5O[C@H](CO)[C@H](O)[C@H](O[C@@H]6O[C@H](C(=O)O)[C@@H](O)[C@H](O)[C@H]6O)[C@H]5O)[C@H](O)[C@H]4NC(C)=O)[C@H]3O)O[C@H](CO)[C@@H](O)[C@@H]2O)O[C@H](CO)[C@@H](O[C@@H]2O[C@H](CO)[C@H](O)[C@H](O[C@@H]3O[C@H](C(=O)O)[C@@H](O)[C@H](O)[C@H]3O)[C@H]2O)[C@@H]1O. The Bertz CT molecular complexity index is 4160. The van der Waals surface area contributed by atoms with Crippen LogP contribution in [0.5, 0.6) is 0 Å². The van der Waals surface area contributed by atoms with Crippen molar-refractivity contribution in [2.75, 3.05) is 59.5 Å². The van der Waals surface area contributed by atoms with Crippen LogP contribution in [-0.2, 0) is 138 Å². The molecule has 12 saturated heterocycles. The van der Waals surface area contributed by atoms with E-state index >= 15 is 0 Å². The Kier molecular flexibility index (Phi) is 42.0. The van der Waals surface area contributed by atoms with Crippen LogP contribution >= 0.6 is 0 Å². The van der Waals surface area contributed by atoms with Gasteiger partial charge in [0, 0.05) is 27.7 Å². The molecule has 12 aliphatic heterocycles. The van der Waals surface area contributed by atoms with E-state index < -0.39 is 463 Å². The highest BCUT2D eigenvalue weighted by Crippen LogP contribution is 2.43. The van der Waals surface area contributed by atoms with Crippen molar-refractivity contribution >= 4 is 35.6 Å². The van der Waals surface area contributed by atoms with Crippen LogP contribution in [0, 0.1) is 0 Å². The largest absolute Gasteiger partial charge is 0.479 e. The van der Waals surface area contributed by atoms with Crippen LogP contribution in [0.2, 0.25) is 0 Å². The fraction of sp³-hybridized carbons (Fsp3) is 0.925. The van der Waals surface area contributed by atoms with Gasteiger partial charge in [-0.05, 0) is 6.92 Å². The molecular weight excluding hydrogens is 2010 g/mol. The molecule has 0 unspecified atom stereocenters. The fourth-order valence-electron chi connectivity index (χ4n) is 18.7. The molecule has 4 amide bonds. The van der Waals surface area contributed by atoms with Gasteiger partial charge in [-0.2, -0.15) is 0 Å². The van der Waals surface area contributed by atoms with Crippen molar-refractivity contribution in [3.8, 4) is 0 Å². The van der Waals surface area contributed by atoms with Gasteiger partial charge in [-0.25, -0.2) is 9.59 Å². The van der Waals surface area contributed by atoms with E-state index in [-0.39, 0.29) is 0 Å². The predicted molar refractivity (Wildman–Crippen MR) is 441 cm³/mol. The zero-order valence-corrected chi connectivity index (χ0v) is 77.6. The quantitative estimate of drug-likeness (QED) is 0.0275. The third-order valence-corrected chi connectivity index (χ3v) is 26.6. The van der Waals surface area contributed by atoms with E-state index in [0.717, 1.165) is 27.7 Å². The molecule has 66 nitrogen and oxygen atoms in total. The average Bonchev–Trinajstić information content (AvgIpc) is 0.755. The molecule has 0 aliphatic carbocycles. The molecule has 12 heterocycles. The topological polar surface area (TPSA) is 1030 Å². The number of carboxylic acids is 2. The highest BCUT2D eigenvalue weighted by molar-refractivity contribution is 5.75. The molecule has 842 valence electrons. The van der Waals surface area contributed by atoms with Crippen LogP contribution in [0.3, 0.4) is 0 Å². The first-order valence-electron chi connectivity index (χ1n) is 46.0. The van der Waals surface area contributed by atoms with Crippen LogP contribution in [0.15, 0.2) is 0 Å². The lowest BCUT2D eigenvalue weighted by molar-refractivity contribution is -0.400. The lowest BCUT2D eigenvalue weighted by Gasteiger charge is -2.51. The summed E-state index contributed by atoms with van der Waals surface area (Å²) in [6, 6.07) is -8.17. The summed E-state index contributed by atoms with van der Waals surface area (Å²) in [6.45, 7) is -6.22. The Morgan fingerprint density at radius 3 is 0.829 bits per heavy atom. The lowest BCUT2D eigenvalue weighted by Crippen LogP contribution is -2.71. The van der Waals surface area contributed by atoms with Gasteiger partial charge in [-0.3, -0.25) is 19.2 Å². The summed E-state index contributed by atoms with van der Waals surface area (Å²) in [6.07, 6.45) is -125. The second-order valence-electron chi connectivity index (χ2n) is 36.7.